The molecule has 0 amide bonds. The van der Waals surface area contributed by atoms with Gasteiger partial charge in [-0.15, -0.1) is 0 Å². The first-order chi connectivity index (χ1) is 11.6. The fourth-order valence-corrected chi connectivity index (χ4v) is 0.449. The van der Waals surface area contributed by atoms with Crippen LogP contribution in [0, 0.1) is 0 Å². The molecule has 26 heavy (non-hydrogen) atoms. The Morgan fingerprint density at radius 1 is 0.885 bits per heavy atom. The summed E-state index contributed by atoms with van der Waals surface area (Å²) in [5.74, 6) is -0.312. The quantitative estimate of drug-likeness (QED) is 0.0971. The zero-order chi connectivity index (χ0) is 22.3. The minimum absolute atomic E-state index is 0.312. The van der Waals surface area contributed by atoms with Crippen LogP contribution in [0.2, 0.25) is 0 Å². The molecule has 0 saturated carbocycles. The molecule has 0 spiro atoms. The lowest BCUT2D eigenvalue weighted by atomic mass is 10.3. The molecule has 0 radical (unpaired) electrons. The Kier molecular flexibility index (Phi) is 40.1. The number of carbonyl (C=O) groups excluding carboxylic acids is 1. The molecule has 0 saturated heterocycles. The van der Waals surface area contributed by atoms with Gasteiger partial charge in [0, 0.05) is 0 Å². The van der Waals surface area contributed by atoms with Crippen molar-refractivity contribution in [2.45, 2.75) is 32.7 Å². The number of esters is 1. The van der Waals surface area contributed by atoms with Gasteiger partial charge in [-0.2, -0.15) is 0 Å². The van der Waals surface area contributed by atoms with E-state index in [1.165, 1.54) is 0 Å². The summed E-state index contributed by atoms with van der Waals surface area (Å²) in [4.78, 5) is 10.7. The summed E-state index contributed by atoms with van der Waals surface area (Å²) < 4.78 is 45.2. The lowest BCUT2D eigenvalue weighted by Crippen LogP contribution is -2.28. The summed E-state index contributed by atoms with van der Waals surface area (Å²) in [6, 6.07) is -0.489. The highest BCUT2D eigenvalue weighted by atomic mass is 19.1. The average Bonchev–Trinajstić information content (AvgIpc) is 2.35. The van der Waals surface area contributed by atoms with E-state index in [4.69, 9.17) is 50.7 Å². The van der Waals surface area contributed by atoms with Crippen molar-refractivity contribution >= 4 is 35.6 Å². The van der Waals surface area contributed by atoms with Crippen molar-refractivity contribution in [3.63, 3.8) is 0 Å². The number of ether oxygens (including phenoxy) is 1. The van der Waals surface area contributed by atoms with Gasteiger partial charge in [0.2, 0.25) is 0 Å². The van der Waals surface area contributed by atoms with Crippen LogP contribution in [0.1, 0.15) is 26.7 Å². The van der Waals surface area contributed by atoms with Crippen molar-refractivity contribution in [2.24, 2.45) is 5.73 Å². The second-order valence-corrected chi connectivity index (χ2v) is 3.55. The number of rotatable bonds is 4. The number of unbranched alkanes of at least 4 members (excludes halogenated alkanes) is 1. The molecule has 0 aromatic carbocycles. The molecule has 0 heterocycles. The third kappa shape index (κ3) is 172. The maximum Gasteiger partial charge on any atom is 0.674 e. The predicted molar refractivity (Wildman–Crippen MR) is 84.7 cm³/mol. The minimum atomic E-state index is -2.67. The fourth-order valence-electron chi connectivity index (χ4n) is 0.449. The molecule has 1 unspecified atom stereocenters. The normalized spacial score (nSPS) is 9.04. The zero-order valence-electron chi connectivity index (χ0n) is 14.0. The maximum absolute atomic E-state index is 10.7. The van der Waals surface area contributed by atoms with Crippen molar-refractivity contribution in [3.8, 4) is 0 Å². The van der Waals surface area contributed by atoms with Crippen molar-refractivity contribution in [3.05, 3.63) is 0 Å². The second kappa shape index (κ2) is 28.9. The lowest BCUT2D eigenvalue weighted by molar-refractivity contribution is -0.144. The summed E-state index contributed by atoms with van der Waals surface area (Å²) in [6.45, 7) is 4.16. The second-order valence-electron chi connectivity index (χ2n) is 3.55. The minimum Gasteiger partial charge on any atom is -0.465 e. The molecule has 156 valence electrons. The molecule has 10 N–H and O–H groups in total. The Morgan fingerprint density at radius 3 is 1.27 bits per heavy atom. The van der Waals surface area contributed by atoms with E-state index in [-0.39, 0.29) is 5.97 Å². The van der Waals surface area contributed by atoms with Gasteiger partial charge in [0.1, 0.15) is 6.04 Å². The van der Waals surface area contributed by atoms with Crippen LogP contribution in [0.4, 0.5) is 17.3 Å². The maximum atomic E-state index is 10.7. The summed E-state index contributed by atoms with van der Waals surface area (Å²) >= 11 is 0. The van der Waals surface area contributed by atoms with Crippen molar-refractivity contribution in [2.75, 3.05) is 6.61 Å². The predicted octanol–water partition coefficient (Wildman–Crippen LogP) is -3.62. The molecular formula is C7H23B4F4NO10. The average molecular weight is 400 g/mol. The molecule has 0 fully saturated rings. The standard InChI is InChI=1S/C7H15NO2.4BFH2O2/c1-3-4-5-10-7(9)6(2)8;4*2-1(3)4/h6H,3-5,8H2,1-2H3;4*3-4H. The Balaban J connectivity index is -0.0000000776. The molecule has 19 heteroatoms. The van der Waals surface area contributed by atoms with Crippen LogP contribution < -0.4 is 5.73 Å². The Labute approximate surface area is 148 Å². The van der Waals surface area contributed by atoms with Crippen molar-refractivity contribution in [1.29, 1.82) is 0 Å². The van der Waals surface area contributed by atoms with Crippen LogP contribution in [0.3, 0.4) is 0 Å². The summed E-state index contributed by atoms with van der Waals surface area (Å²) in [6.07, 6.45) is 1.95. The summed E-state index contributed by atoms with van der Waals surface area (Å²) in [5, 5.41) is 55.6. The lowest BCUT2D eigenvalue weighted by Gasteiger charge is -2.04. The van der Waals surface area contributed by atoms with Crippen LogP contribution in [-0.4, -0.2) is 88.4 Å². The monoisotopic (exact) mass is 401 g/mol. The van der Waals surface area contributed by atoms with E-state index in [0.717, 1.165) is 12.8 Å². The van der Waals surface area contributed by atoms with Crippen molar-refractivity contribution < 1.29 is 67.0 Å². The molecule has 0 aliphatic rings. The smallest absolute Gasteiger partial charge is 0.465 e. The number of nitrogens with two attached hydrogens (primary N) is 1. The molecule has 0 rings (SSSR count). The highest BCUT2D eigenvalue weighted by molar-refractivity contribution is 6.32. The number of halogens is 4. The first kappa shape index (κ1) is 36.1. The van der Waals surface area contributed by atoms with E-state index in [2.05, 4.69) is 0 Å². The zero-order valence-corrected chi connectivity index (χ0v) is 14.0. The summed E-state index contributed by atoms with van der Waals surface area (Å²) in [5.41, 5.74) is 5.24. The molecule has 0 aromatic rings. The Bertz CT molecular complexity index is 237. The van der Waals surface area contributed by atoms with Gasteiger partial charge in [0.15, 0.2) is 0 Å². The van der Waals surface area contributed by atoms with E-state index in [1.54, 1.807) is 6.92 Å². The van der Waals surface area contributed by atoms with Gasteiger partial charge in [-0.3, -0.25) is 22.1 Å². The Morgan fingerprint density at radius 2 is 1.12 bits per heavy atom. The number of carbonyl (C=O) groups is 1. The van der Waals surface area contributed by atoms with Crippen LogP contribution in [0.5, 0.6) is 0 Å². The topological polar surface area (TPSA) is 214 Å². The van der Waals surface area contributed by atoms with Crippen LogP contribution in [0.15, 0.2) is 0 Å². The first-order valence-electron chi connectivity index (χ1n) is 6.54. The highest BCUT2D eigenvalue weighted by Gasteiger charge is 2.06. The molecule has 1 atom stereocenters. The van der Waals surface area contributed by atoms with E-state index in [1.807, 2.05) is 6.92 Å². The van der Waals surface area contributed by atoms with Gasteiger partial charge in [0.25, 0.3) is 0 Å². The highest BCUT2D eigenvalue weighted by Crippen LogP contribution is 1.90. The molecular weight excluding hydrogens is 377 g/mol. The van der Waals surface area contributed by atoms with Crippen LogP contribution in [-0.2, 0) is 9.53 Å². The van der Waals surface area contributed by atoms with E-state index in [9.17, 15) is 22.1 Å². The van der Waals surface area contributed by atoms with Gasteiger partial charge in [-0.1, -0.05) is 13.3 Å². The molecule has 0 aliphatic carbocycles. The van der Waals surface area contributed by atoms with Gasteiger partial charge in [0.05, 0.1) is 6.61 Å². The van der Waals surface area contributed by atoms with Gasteiger partial charge >= 0.3 is 35.6 Å². The largest absolute Gasteiger partial charge is 0.674 e. The summed E-state index contributed by atoms with van der Waals surface area (Å²) in [7, 11) is -10.7. The van der Waals surface area contributed by atoms with E-state index >= 15 is 0 Å². The molecule has 11 nitrogen and oxygen atoms in total. The van der Waals surface area contributed by atoms with Crippen LogP contribution in [0.25, 0.3) is 0 Å². The van der Waals surface area contributed by atoms with E-state index < -0.39 is 35.6 Å². The molecule has 0 bridgehead atoms. The Hall–Kier alpha value is -0.910. The molecule has 0 aliphatic heterocycles. The van der Waals surface area contributed by atoms with Gasteiger partial charge in [-0.25, -0.2) is 0 Å². The first-order valence-corrected chi connectivity index (χ1v) is 6.54. The van der Waals surface area contributed by atoms with Crippen molar-refractivity contribution in [1.82, 2.24) is 0 Å². The SMILES string of the molecule is CCCCOC(=O)C(C)N.OB(O)F.OB(O)F.OB(O)F.OB(O)F. The fraction of sp³-hybridized carbons (Fsp3) is 0.857. The number of hydrogen-bond acceptors (Lipinski definition) is 11. The third-order valence-corrected chi connectivity index (χ3v) is 1.11. The van der Waals surface area contributed by atoms with Gasteiger partial charge < -0.3 is 50.7 Å². The number of hydrogen-bond donors (Lipinski definition) is 9. The van der Waals surface area contributed by atoms with Crippen LogP contribution >= 0.6 is 0 Å². The molecule has 0 aromatic heterocycles. The van der Waals surface area contributed by atoms with Gasteiger partial charge in [-0.05, 0) is 13.3 Å². The third-order valence-electron chi connectivity index (χ3n) is 1.11. The van der Waals surface area contributed by atoms with E-state index in [0.29, 0.717) is 6.61 Å².